The van der Waals surface area contributed by atoms with E-state index in [1.54, 1.807) is 6.26 Å². The number of hydrogen-bond donors (Lipinski definition) is 1. The summed E-state index contributed by atoms with van der Waals surface area (Å²) in [6.45, 7) is 2.76. The molecule has 3 rings (SSSR count). The van der Waals surface area contributed by atoms with Gasteiger partial charge in [0, 0.05) is 19.5 Å². The number of rotatable bonds is 5. The van der Waals surface area contributed by atoms with Gasteiger partial charge in [0.2, 0.25) is 0 Å². The minimum atomic E-state index is 0.752. The van der Waals surface area contributed by atoms with Gasteiger partial charge in [0.05, 0.1) is 5.69 Å². The number of aromatic nitrogens is 1. The van der Waals surface area contributed by atoms with Gasteiger partial charge in [-0.3, -0.25) is 0 Å². The number of oxazole rings is 1. The molecular weight excluding hydrogens is 188 g/mol. The molecular formula is C12H18N2O. The lowest BCUT2D eigenvalue weighted by Crippen LogP contribution is -2.32. The van der Waals surface area contributed by atoms with Gasteiger partial charge in [-0.2, -0.15) is 0 Å². The first-order valence-corrected chi connectivity index (χ1v) is 5.97. The second-order valence-electron chi connectivity index (χ2n) is 4.94. The van der Waals surface area contributed by atoms with Crippen LogP contribution in [0.5, 0.6) is 0 Å². The third kappa shape index (κ3) is 2.23. The van der Waals surface area contributed by atoms with Crippen LogP contribution in [0.2, 0.25) is 0 Å². The summed E-state index contributed by atoms with van der Waals surface area (Å²) in [5, 5.41) is 3.65. The largest absolute Gasteiger partial charge is 0.449 e. The van der Waals surface area contributed by atoms with Gasteiger partial charge in [-0.15, -0.1) is 0 Å². The fraction of sp³-hybridized carbons (Fsp3) is 0.750. The van der Waals surface area contributed by atoms with Crippen molar-refractivity contribution in [1.29, 1.82) is 0 Å². The summed E-state index contributed by atoms with van der Waals surface area (Å²) in [4.78, 5) is 4.31. The van der Waals surface area contributed by atoms with Crippen molar-refractivity contribution in [3.8, 4) is 0 Å². The molecule has 0 bridgehead atoms. The van der Waals surface area contributed by atoms with Crippen LogP contribution in [0.15, 0.2) is 10.7 Å². The van der Waals surface area contributed by atoms with E-state index in [0.717, 1.165) is 36.0 Å². The highest BCUT2D eigenvalue weighted by Crippen LogP contribution is 2.44. The summed E-state index contributed by atoms with van der Waals surface area (Å²) in [6, 6.07) is 0.752. The van der Waals surface area contributed by atoms with Gasteiger partial charge >= 0.3 is 0 Å². The fourth-order valence-electron chi connectivity index (χ4n) is 2.34. The van der Waals surface area contributed by atoms with Crippen LogP contribution in [-0.4, -0.2) is 11.0 Å². The van der Waals surface area contributed by atoms with Gasteiger partial charge in [0.15, 0.2) is 5.89 Å². The SMILES string of the molecule is Cc1nc(CNC(C2CC2)C2CC2)co1. The molecule has 0 amide bonds. The van der Waals surface area contributed by atoms with Gasteiger partial charge in [-0.05, 0) is 37.5 Å². The quantitative estimate of drug-likeness (QED) is 0.803. The van der Waals surface area contributed by atoms with Crippen molar-refractivity contribution in [2.24, 2.45) is 11.8 Å². The predicted octanol–water partition coefficient (Wildman–Crippen LogP) is 2.26. The Labute approximate surface area is 90.3 Å². The van der Waals surface area contributed by atoms with Crippen molar-refractivity contribution < 1.29 is 4.42 Å². The Kier molecular flexibility index (Phi) is 2.28. The van der Waals surface area contributed by atoms with E-state index in [9.17, 15) is 0 Å². The Morgan fingerprint density at radius 2 is 2.07 bits per heavy atom. The Hall–Kier alpha value is -0.830. The van der Waals surface area contributed by atoms with Crippen LogP contribution >= 0.6 is 0 Å². The van der Waals surface area contributed by atoms with E-state index in [0.29, 0.717) is 0 Å². The van der Waals surface area contributed by atoms with E-state index in [-0.39, 0.29) is 0 Å². The molecule has 15 heavy (non-hydrogen) atoms. The Bertz CT molecular complexity index is 327. The zero-order chi connectivity index (χ0) is 10.3. The van der Waals surface area contributed by atoms with Gasteiger partial charge < -0.3 is 9.73 Å². The molecule has 1 N–H and O–H groups in total. The Balaban J connectivity index is 1.55. The molecule has 2 fully saturated rings. The van der Waals surface area contributed by atoms with Crippen LogP contribution in [0.4, 0.5) is 0 Å². The predicted molar refractivity (Wildman–Crippen MR) is 57.3 cm³/mol. The zero-order valence-electron chi connectivity index (χ0n) is 9.20. The van der Waals surface area contributed by atoms with Crippen LogP contribution in [0.25, 0.3) is 0 Å². The molecule has 1 aromatic rings. The molecule has 0 spiro atoms. The Morgan fingerprint density at radius 3 is 2.53 bits per heavy atom. The maximum atomic E-state index is 5.20. The maximum Gasteiger partial charge on any atom is 0.191 e. The zero-order valence-corrected chi connectivity index (χ0v) is 9.20. The van der Waals surface area contributed by atoms with E-state index in [4.69, 9.17) is 4.42 Å². The lowest BCUT2D eigenvalue weighted by atomic mass is 10.1. The molecule has 2 aliphatic rings. The third-order valence-electron chi connectivity index (χ3n) is 3.45. The summed E-state index contributed by atoms with van der Waals surface area (Å²) in [7, 11) is 0. The molecule has 3 heteroatoms. The van der Waals surface area contributed by atoms with Crippen LogP contribution in [-0.2, 0) is 6.54 Å². The first-order chi connectivity index (χ1) is 7.33. The number of nitrogens with zero attached hydrogens (tertiary/aromatic N) is 1. The van der Waals surface area contributed by atoms with E-state index < -0.39 is 0 Å². The topological polar surface area (TPSA) is 38.1 Å². The van der Waals surface area contributed by atoms with Crippen molar-refractivity contribution in [2.45, 2.75) is 45.2 Å². The number of nitrogens with one attached hydrogen (secondary N) is 1. The van der Waals surface area contributed by atoms with Gasteiger partial charge in [-0.25, -0.2) is 4.98 Å². The maximum absolute atomic E-state index is 5.20. The first-order valence-electron chi connectivity index (χ1n) is 5.97. The summed E-state index contributed by atoms with van der Waals surface area (Å²) >= 11 is 0. The van der Waals surface area contributed by atoms with Crippen LogP contribution < -0.4 is 5.32 Å². The minimum Gasteiger partial charge on any atom is -0.449 e. The van der Waals surface area contributed by atoms with Crippen molar-refractivity contribution in [3.63, 3.8) is 0 Å². The van der Waals surface area contributed by atoms with Crippen LogP contribution in [0.1, 0.15) is 37.3 Å². The molecule has 2 saturated carbocycles. The Morgan fingerprint density at radius 1 is 1.40 bits per heavy atom. The second-order valence-corrected chi connectivity index (χ2v) is 4.94. The lowest BCUT2D eigenvalue weighted by molar-refractivity contribution is 0.413. The summed E-state index contributed by atoms with van der Waals surface area (Å²) in [5.41, 5.74) is 1.04. The standard InChI is InChI=1S/C12H18N2O/c1-8-14-11(7-15-8)6-13-12(9-2-3-9)10-4-5-10/h7,9-10,12-13H,2-6H2,1H3. The van der Waals surface area contributed by atoms with Crippen molar-refractivity contribution in [1.82, 2.24) is 10.3 Å². The molecule has 1 heterocycles. The number of aryl methyl sites for hydroxylation is 1. The molecule has 3 nitrogen and oxygen atoms in total. The van der Waals surface area contributed by atoms with E-state index in [1.165, 1.54) is 25.7 Å². The number of hydrogen-bond acceptors (Lipinski definition) is 3. The molecule has 0 aromatic carbocycles. The summed E-state index contributed by atoms with van der Waals surface area (Å²) in [5.74, 6) is 2.66. The lowest BCUT2D eigenvalue weighted by Gasteiger charge is -2.16. The van der Waals surface area contributed by atoms with E-state index in [1.807, 2.05) is 6.92 Å². The average molecular weight is 206 g/mol. The summed E-state index contributed by atoms with van der Waals surface area (Å²) in [6.07, 6.45) is 7.45. The molecule has 1 aromatic heterocycles. The molecule has 82 valence electrons. The van der Waals surface area contributed by atoms with Crippen LogP contribution in [0.3, 0.4) is 0 Å². The van der Waals surface area contributed by atoms with Gasteiger partial charge in [-0.1, -0.05) is 0 Å². The van der Waals surface area contributed by atoms with Gasteiger partial charge in [0.25, 0.3) is 0 Å². The smallest absolute Gasteiger partial charge is 0.191 e. The van der Waals surface area contributed by atoms with Crippen molar-refractivity contribution in [2.75, 3.05) is 0 Å². The summed E-state index contributed by atoms with van der Waals surface area (Å²) < 4.78 is 5.20. The van der Waals surface area contributed by atoms with Gasteiger partial charge in [0.1, 0.15) is 6.26 Å². The van der Waals surface area contributed by atoms with E-state index >= 15 is 0 Å². The average Bonchev–Trinajstić information content (AvgIpc) is 3.09. The highest BCUT2D eigenvalue weighted by atomic mass is 16.3. The molecule has 0 radical (unpaired) electrons. The minimum absolute atomic E-state index is 0.752. The monoisotopic (exact) mass is 206 g/mol. The normalized spacial score (nSPS) is 21.2. The fourth-order valence-corrected chi connectivity index (χ4v) is 2.34. The first kappa shape index (κ1) is 9.40. The van der Waals surface area contributed by atoms with Crippen molar-refractivity contribution in [3.05, 3.63) is 17.8 Å². The van der Waals surface area contributed by atoms with Crippen molar-refractivity contribution >= 4 is 0 Å². The molecule has 0 unspecified atom stereocenters. The highest BCUT2D eigenvalue weighted by Gasteiger charge is 2.40. The third-order valence-corrected chi connectivity index (χ3v) is 3.45. The molecule has 2 aliphatic carbocycles. The van der Waals surface area contributed by atoms with E-state index in [2.05, 4.69) is 10.3 Å². The molecule has 0 atom stereocenters. The molecule has 0 aliphatic heterocycles. The van der Waals surface area contributed by atoms with Crippen LogP contribution in [0, 0.1) is 18.8 Å². The second kappa shape index (κ2) is 3.63. The molecule has 0 saturated heterocycles. The highest BCUT2D eigenvalue weighted by molar-refractivity contribution is 5.00.